The first-order valence-corrected chi connectivity index (χ1v) is 8.09. The summed E-state index contributed by atoms with van der Waals surface area (Å²) in [5.41, 5.74) is 0.893. The molecule has 0 atom stereocenters. The molecule has 0 aliphatic heterocycles. The van der Waals surface area contributed by atoms with Crippen LogP contribution in [0.3, 0.4) is 0 Å². The van der Waals surface area contributed by atoms with Gasteiger partial charge in [-0.05, 0) is 43.3 Å². The van der Waals surface area contributed by atoms with Gasteiger partial charge in [-0.15, -0.1) is 13.2 Å². The molecular formula is C18H16F3N3O3. The normalized spacial score (nSPS) is 11.3. The smallest absolute Gasteiger partial charge is 0.494 e. The van der Waals surface area contributed by atoms with E-state index < -0.39 is 6.36 Å². The first-order chi connectivity index (χ1) is 12.9. The van der Waals surface area contributed by atoms with Gasteiger partial charge in [0.05, 0.1) is 18.8 Å². The Kier molecular flexibility index (Phi) is 5.49. The molecule has 0 saturated carbocycles. The van der Waals surface area contributed by atoms with Crippen LogP contribution in [0.1, 0.15) is 12.8 Å². The van der Waals surface area contributed by atoms with Crippen molar-refractivity contribution in [3.8, 4) is 22.9 Å². The summed E-state index contributed by atoms with van der Waals surface area (Å²) in [7, 11) is 0. The molecule has 1 aromatic heterocycles. The fourth-order valence-corrected chi connectivity index (χ4v) is 2.31. The predicted molar refractivity (Wildman–Crippen MR) is 91.4 cm³/mol. The van der Waals surface area contributed by atoms with Gasteiger partial charge in [0, 0.05) is 5.56 Å². The lowest BCUT2D eigenvalue weighted by atomic mass is 10.2. The lowest BCUT2D eigenvalue weighted by Crippen LogP contribution is -2.18. The standard InChI is InChI=1S/C18H16F3N3O3/c1-2-25-13-9-7-12(8-10-13)17-23-16(27-24-17)11-22-14-5-3-4-6-15(14)26-18(19,20)21/h3-10,22H,2,11H2,1H3. The molecule has 0 aliphatic rings. The van der Waals surface area contributed by atoms with Gasteiger partial charge in [0.25, 0.3) is 0 Å². The molecule has 3 aromatic rings. The number of rotatable bonds is 7. The van der Waals surface area contributed by atoms with Gasteiger partial charge in [-0.3, -0.25) is 0 Å². The third-order valence-corrected chi connectivity index (χ3v) is 3.43. The van der Waals surface area contributed by atoms with Crippen LogP contribution in [-0.2, 0) is 6.54 Å². The van der Waals surface area contributed by atoms with Gasteiger partial charge in [-0.25, -0.2) is 0 Å². The summed E-state index contributed by atoms with van der Waals surface area (Å²) in [6.45, 7) is 2.50. The van der Waals surface area contributed by atoms with Crippen LogP contribution in [0.2, 0.25) is 0 Å². The molecule has 142 valence electrons. The van der Waals surface area contributed by atoms with Crippen LogP contribution < -0.4 is 14.8 Å². The maximum absolute atomic E-state index is 12.5. The Hall–Kier alpha value is -3.23. The van der Waals surface area contributed by atoms with E-state index in [9.17, 15) is 13.2 Å². The molecule has 0 radical (unpaired) electrons. The lowest BCUT2D eigenvalue weighted by molar-refractivity contribution is -0.274. The molecule has 2 aromatic carbocycles. The van der Waals surface area contributed by atoms with E-state index in [4.69, 9.17) is 9.26 Å². The zero-order chi connectivity index (χ0) is 19.3. The SMILES string of the molecule is CCOc1ccc(-c2noc(CNc3ccccc3OC(F)(F)F)n2)cc1. The van der Waals surface area contributed by atoms with Gasteiger partial charge in [0.15, 0.2) is 5.75 Å². The lowest BCUT2D eigenvalue weighted by Gasteiger charge is -2.13. The van der Waals surface area contributed by atoms with Crippen LogP contribution in [0.5, 0.6) is 11.5 Å². The van der Waals surface area contributed by atoms with Crippen molar-refractivity contribution in [2.45, 2.75) is 19.8 Å². The van der Waals surface area contributed by atoms with Crippen LogP contribution in [-0.4, -0.2) is 23.1 Å². The van der Waals surface area contributed by atoms with Gasteiger partial charge in [-0.1, -0.05) is 17.3 Å². The van der Waals surface area contributed by atoms with E-state index in [-0.39, 0.29) is 23.9 Å². The Bertz CT molecular complexity index is 879. The Morgan fingerprint density at radius 1 is 1.07 bits per heavy atom. The van der Waals surface area contributed by atoms with Crippen LogP contribution in [0, 0.1) is 0 Å². The number of anilines is 1. The van der Waals surface area contributed by atoms with Crippen molar-refractivity contribution in [3.63, 3.8) is 0 Å². The fraction of sp³-hybridized carbons (Fsp3) is 0.222. The molecule has 1 heterocycles. The maximum atomic E-state index is 12.5. The van der Waals surface area contributed by atoms with E-state index in [1.165, 1.54) is 18.2 Å². The molecule has 0 spiro atoms. The molecule has 0 saturated heterocycles. The second kappa shape index (κ2) is 7.98. The van der Waals surface area contributed by atoms with E-state index in [1.54, 1.807) is 30.3 Å². The van der Waals surface area contributed by atoms with Gasteiger partial charge in [0.1, 0.15) is 5.75 Å². The van der Waals surface area contributed by atoms with E-state index in [2.05, 4.69) is 20.2 Å². The number of hydrogen-bond acceptors (Lipinski definition) is 6. The largest absolute Gasteiger partial charge is 0.573 e. The summed E-state index contributed by atoms with van der Waals surface area (Å²) in [4.78, 5) is 4.23. The minimum atomic E-state index is -4.77. The number of nitrogens with zero attached hydrogens (tertiary/aromatic N) is 2. The van der Waals surface area contributed by atoms with Crippen molar-refractivity contribution in [2.75, 3.05) is 11.9 Å². The van der Waals surface area contributed by atoms with Crippen molar-refractivity contribution in [2.24, 2.45) is 0 Å². The summed E-state index contributed by atoms with van der Waals surface area (Å²) in [6, 6.07) is 12.9. The van der Waals surface area contributed by atoms with Crippen LogP contribution in [0.25, 0.3) is 11.4 Å². The summed E-state index contributed by atoms with van der Waals surface area (Å²) < 4.78 is 51.9. The van der Waals surface area contributed by atoms with Gasteiger partial charge < -0.3 is 19.3 Å². The highest BCUT2D eigenvalue weighted by molar-refractivity contribution is 5.57. The van der Waals surface area contributed by atoms with E-state index >= 15 is 0 Å². The van der Waals surface area contributed by atoms with Crippen molar-refractivity contribution < 1.29 is 27.2 Å². The molecule has 27 heavy (non-hydrogen) atoms. The minimum absolute atomic E-state index is 0.0439. The first kappa shape index (κ1) is 18.6. The number of para-hydroxylation sites is 2. The van der Waals surface area contributed by atoms with E-state index in [0.29, 0.717) is 12.4 Å². The molecule has 1 N–H and O–H groups in total. The highest BCUT2D eigenvalue weighted by atomic mass is 19.4. The van der Waals surface area contributed by atoms with Crippen LogP contribution in [0.4, 0.5) is 18.9 Å². The number of benzene rings is 2. The number of aromatic nitrogens is 2. The fourth-order valence-electron chi connectivity index (χ4n) is 2.31. The molecule has 9 heteroatoms. The van der Waals surface area contributed by atoms with Gasteiger partial charge in [0.2, 0.25) is 11.7 Å². The average molecular weight is 379 g/mol. The minimum Gasteiger partial charge on any atom is -0.494 e. The molecule has 0 unspecified atom stereocenters. The van der Waals surface area contributed by atoms with Crippen molar-refractivity contribution >= 4 is 5.69 Å². The molecule has 3 rings (SSSR count). The quantitative estimate of drug-likeness (QED) is 0.645. The van der Waals surface area contributed by atoms with E-state index in [0.717, 1.165) is 11.3 Å². The first-order valence-electron chi connectivity index (χ1n) is 8.09. The number of nitrogens with one attached hydrogen (secondary N) is 1. The highest BCUT2D eigenvalue weighted by Gasteiger charge is 2.32. The topological polar surface area (TPSA) is 69.4 Å². The molecule has 0 fully saturated rings. The third kappa shape index (κ3) is 5.13. The number of alkyl halides is 3. The molecule has 0 amide bonds. The second-order valence-electron chi connectivity index (χ2n) is 5.37. The van der Waals surface area contributed by atoms with Crippen molar-refractivity contribution in [3.05, 3.63) is 54.4 Å². The summed E-state index contributed by atoms with van der Waals surface area (Å²) in [5, 5.41) is 6.68. The van der Waals surface area contributed by atoms with E-state index in [1.807, 2.05) is 6.92 Å². The third-order valence-electron chi connectivity index (χ3n) is 3.43. The average Bonchev–Trinajstić information content (AvgIpc) is 3.10. The zero-order valence-electron chi connectivity index (χ0n) is 14.3. The highest BCUT2D eigenvalue weighted by Crippen LogP contribution is 2.30. The molecular weight excluding hydrogens is 363 g/mol. The Morgan fingerprint density at radius 2 is 1.81 bits per heavy atom. The van der Waals surface area contributed by atoms with Gasteiger partial charge >= 0.3 is 6.36 Å². The number of halogens is 3. The molecule has 6 nitrogen and oxygen atoms in total. The summed E-state index contributed by atoms with van der Waals surface area (Å²) in [6.07, 6.45) is -4.77. The van der Waals surface area contributed by atoms with Gasteiger partial charge in [-0.2, -0.15) is 4.98 Å². The summed E-state index contributed by atoms with van der Waals surface area (Å²) >= 11 is 0. The molecule has 0 bridgehead atoms. The Morgan fingerprint density at radius 3 is 2.52 bits per heavy atom. The van der Waals surface area contributed by atoms with Crippen LogP contribution >= 0.6 is 0 Å². The monoisotopic (exact) mass is 379 g/mol. The number of hydrogen-bond donors (Lipinski definition) is 1. The maximum Gasteiger partial charge on any atom is 0.573 e. The van der Waals surface area contributed by atoms with Crippen LogP contribution in [0.15, 0.2) is 53.1 Å². The Balaban J connectivity index is 1.67. The predicted octanol–water partition coefficient (Wildman–Crippen LogP) is 4.65. The summed E-state index contributed by atoms with van der Waals surface area (Å²) in [5.74, 6) is 0.986. The molecule has 0 aliphatic carbocycles. The van der Waals surface area contributed by atoms with Crippen molar-refractivity contribution in [1.82, 2.24) is 10.1 Å². The second-order valence-corrected chi connectivity index (χ2v) is 5.37. The number of ether oxygens (including phenoxy) is 2. The Labute approximate surface area is 152 Å². The van der Waals surface area contributed by atoms with Crippen molar-refractivity contribution in [1.29, 1.82) is 0 Å². The zero-order valence-corrected chi connectivity index (χ0v) is 14.3.